The Morgan fingerprint density at radius 3 is 1.26 bits per heavy atom. The van der Waals surface area contributed by atoms with E-state index in [0.717, 1.165) is 10.0 Å². The zero-order valence-electron chi connectivity index (χ0n) is 11.5. The van der Waals surface area contributed by atoms with Crippen molar-refractivity contribution in [3.8, 4) is 0 Å². The third-order valence-electron chi connectivity index (χ3n) is 3.27. The summed E-state index contributed by atoms with van der Waals surface area (Å²) < 4.78 is 0. The maximum Gasteiger partial charge on any atom is 0.0573 e. The average molecular weight is 309 g/mol. The second-order valence-electron chi connectivity index (χ2n) is 5.90. The Bertz CT molecular complexity index is 493. The molecule has 0 unspecified atom stereocenters. The van der Waals surface area contributed by atoms with Crippen molar-refractivity contribution >= 4 is 31.3 Å². The first-order valence-corrected chi connectivity index (χ1v) is 10.7. The van der Waals surface area contributed by atoms with Gasteiger partial charge in [0.15, 0.2) is 0 Å². The molecule has 100 valence electrons. The highest BCUT2D eigenvalue weighted by Crippen LogP contribution is 2.34. The van der Waals surface area contributed by atoms with Crippen LogP contribution in [-0.2, 0) is 0 Å². The molecule has 0 saturated heterocycles. The van der Waals surface area contributed by atoms with Gasteiger partial charge in [-0.3, -0.25) is 0 Å². The molecule has 0 spiro atoms. The van der Waals surface area contributed by atoms with Crippen LogP contribution in [0.5, 0.6) is 0 Å². The largest absolute Gasteiger partial charge is 0.0843 e. The van der Waals surface area contributed by atoms with Gasteiger partial charge in [0.25, 0.3) is 0 Å². The van der Waals surface area contributed by atoms with E-state index in [9.17, 15) is 0 Å². The van der Waals surface area contributed by atoms with Crippen LogP contribution in [0, 0.1) is 0 Å². The van der Waals surface area contributed by atoms with Crippen LogP contribution in [0.1, 0.15) is 16.7 Å². The molecule has 0 nitrogen and oxygen atoms in total. The first-order chi connectivity index (χ1) is 8.88. The summed E-state index contributed by atoms with van der Waals surface area (Å²) in [5.41, 5.74) is 3.14. The third-order valence-corrected chi connectivity index (χ3v) is 6.18. The highest BCUT2D eigenvalue weighted by atomic mass is 35.5. The van der Waals surface area contributed by atoms with Crippen molar-refractivity contribution in [3.63, 3.8) is 0 Å². The number of rotatable bonds is 3. The fourth-order valence-corrected chi connectivity index (χ4v) is 5.14. The molecule has 0 bridgehead atoms. The predicted molar refractivity (Wildman–Crippen MR) is 88.1 cm³/mol. The minimum absolute atomic E-state index is 0.460. The summed E-state index contributed by atoms with van der Waals surface area (Å²) >= 11 is 12.0. The van der Waals surface area contributed by atoms with Crippen molar-refractivity contribution in [2.45, 2.75) is 25.2 Å². The van der Waals surface area contributed by atoms with Crippen molar-refractivity contribution in [3.05, 3.63) is 69.7 Å². The first kappa shape index (κ1) is 14.6. The van der Waals surface area contributed by atoms with Crippen molar-refractivity contribution < 1.29 is 0 Å². The summed E-state index contributed by atoms with van der Waals surface area (Å²) in [5, 5.41) is 1.57. The number of halogens is 2. The van der Waals surface area contributed by atoms with E-state index in [1.54, 1.807) is 0 Å². The van der Waals surface area contributed by atoms with Crippen LogP contribution in [0.3, 0.4) is 0 Å². The summed E-state index contributed by atoms with van der Waals surface area (Å²) in [6.07, 6.45) is 0. The second-order valence-corrected chi connectivity index (χ2v) is 12.1. The van der Waals surface area contributed by atoms with E-state index in [2.05, 4.69) is 43.9 Å². The molecule has 0 heterocycles. The Balaban J connectivity index is 2.47. The topological polar surface area (TPSA) is 0 Å². The predicted octanol–water partition coefficient (Wildman–Crippen LogP) is 6.00. The molecule has 0 fully saturated rings. The minimum Gasteiger partial charge on any atom is -0.0843 e. The van der Waals surface area contributed by atoms with Gasteiger partial charge in [-0.25, -0.2) is 0 Å². The van der Waals surface area contributed by atoms with Gasteiger partial charge in [-0.05, 0) is 35.4 Å². The molecule has 0 saturated carbocycles. The molecule has 2 aromatic carbocycles. The van der Waals surface area contributed by atoms with Crippen molar-refractivity contribution in [1.82, 2.24) is 0 Å². The Hall–Kier alpha value is -0.763. The van der Waals surface area contributed by atoms with Gasteiger partial charge in [0, 0.05) is 15.6 Å². The molecule has 19 heavy (non-hydrogen) atoms. The smallest absolute Gasteiger partial charge is 0.0573 e. The lowest BCUT2D eigenvalue weighted by molar-refractivity contribution is 1.07. The molecular formula is C16H18Cl2Si. The lowest BCUT2D eigenvalue weighted by Crippen LogP contribution is -2.31. The van der Waals surface area contributed by atoms with E-state index in [0.29, 0.717) is 5.54 Å². The highest BCUT2D eigenvalue weighted by Gasteiger charge is 2.29. The van der Waals surface area contributed by atoms with Gasteiger partial charge in [-0.2, -0.15) is 0 Å². The molecule has 3 heteroatoms. The van der Waals surface area contributed by atoms with Gasteiger partial charge in [0.1, 0.15) is 0 Å². The van der Waals surface area contributed by atoms with Gasteiger partial charge in [0.2, 0.25) is 0 Å². The van der Waals surface area contributed by atoms with Crippen LogP contribution in [0.15, 0.2) is 48.5 Å². The molecule has 2 rings (SSSR count). The van der Waals surface area contributed by atoms with Crippen molar-refractivity contribution in [2.24, 2.45) is 0 Å². The third kappa shape index (κ3) is 3.62. The lowest BCUT2D eigenvalue weighted by atomic mass is 10.0. The molecule has 0 aliphatic heterocycles. The number of hydrogen-bond donors (Lipinski definition) is 0. The van der Waals surface area contributed by atoms with E-state index in [-0.39, 0.29) is 0 Å². The normalized spacial score (nSPS) is 11.9. The Morgan fingerprint density at radius 1 is 0.684 bits per heavy atom. The number of benzene rings is 2. The summed E-state index contributed by atoms with van der Waals surface area (Å²) in [4.78, 5) is 0. The van der Waals surface area contributed by atoms with E-state index in [4.69, 9.17) is 23.2 Å². The van der Waals surface area contributed by atoms with Crippen molar-refractivity contribution in [2.75, 3.05) is 0 Å². The zero-order valence-corrected chi connectivity index (χ0v) is 14.0. The molecule has 0 atom stereocenters. The van der Waals surface area contributed by atoms with Gasteiger partial charge >= 0.3 is 0 Å². The van der Waals surface area contributed by atoms with Crippen LogP contribution in [0.4, 0.5) is 0 Å². The molecule has 2 aromatic rings. The van der Waals surface area contributed by atoms with Crippen LogP contribution in [0.2, 0.25) is 29.7 Å². The molecule has 0 aliphatic carbocycles. The summed E-state index contributed by atoms with van der Waals surface area (Å²) in [7, 11) is -1.39. The SMILES string of the molecule is C[Si](C)(C)C(c1ccc(Cl)cc1)c1ccc(Cl)cc1. The summed E-state index contributed by atoms with van der Waals surface area (Å²) in [6, 6.07) is 16.4. The maximum atomic E-state index is 5.99. The maximum absolute atomic E-state index is 5.99. The van der Waals surface area contributed by atoms with E-state index in [1.165, 1.54) is 11.1 Å². The van der Waals surface area contributed by atoms with Crippen LogP contribution in [-0.4, -0.2) is 8.07 Å². The Morgan fingerprint density at radius 2 is 1.00 bits per heavy atom. The van der Waals surface area contributed by atoms with Gasteiger partial charge in [-0.15, -0.1) is 0 Å². The highest BCUT2D eigenvalue weighted by molar-refractivity contribution is 6.78. The lowest BCUT2D eigenvalue weighted by Gasteiger charge is -2.30. The molecular weight excluding hydrogens is 291 g/mol. The van der Waals surface area contributed by atoms with Gasteiger partial charge in [-0.1, -0.05) is 67.1 Å². The van der Waals surface area contributed by atoms with Gasteiger partial charge < -0.3 is 0 Å². The number of hydrogen-bond acceptors (Lipinski definition) is 0. The van der Waals surface area contributed by atoms with E-state index >= 15 is 0 Å². The summed E-state index contributed by atoms with van der Waals surface area (Å²) in [6.45, 7) is 7.17. The van der Waals surface area contributed by atoms with Crippen molar-refractivity contribution in [1.29, 1.82) is 0 Å². The molecule has 0 radical (unpaired) electrons. The van der Waals surface area contributed by atoms with E-state index in [1.807, 2.05) is 24.3 Å². The monoisotopic (exact) mass is 308 g/mol. The van der Waals surface area contributed by atoms with Gasteiger partial charge in [0.05, 0.1) is 8.07 Å². The molecule has 0 N–H and O–H groups in total. The Kier molecular flexibility index (Phi) is 4.39. The fraction of sp³-hybridized carbons (Fsp3) is 0.250. The Labute approximate surface area is 126 Å². The standard InChI is InChI=1S/C16H18Cl2Si/c1-19(2,3)16(12-4-8-14(17)9-5-12)13-6-10-15(18)11-7-13/h4-11,16H,1-3H3. The molecule has 0 aliphatic rings. The average Bonchev–Trinajstić information content (AvgIpc) is 2.33. The summed E-state index contributed by atoms with van der Waals surface area (Å²) in [5.74, 6) is 0. The minimum atomic E-state index is -1.39. The molecule has 0 amide bonds. The quantitative estimate of drug-likeness (QED) is 0.610. The van der Waals surface area contributed by atoms with Crippen LogP contribution >= 0.6 is 23.2 Å². The van der Waals surface area contributed by atoms with E-state index < -0.39 is 8.07 Å². The zero-order chi connectivity index (χ0) is 14.0. The van der Waals surface area contributed by atoms with Crippen LogP contribution < -0.4 is 0 Å². The van der Waals surface area contributed by atoms with Crippen LogP contribution in [0.25, 0.3) is 0 Å². The molecule has 0 aromatic heterocycles. The fourth-order valence-electron chi connectivity index (χ4n) is 2.50. The first-order valence-electron chi connectivity index (χ1n) is 6.39. The second kappa shape index (κ2) is 5.70.